The minimum absolute atomic E-state index is 0.184. The average Bonchev–Trinajstić information content (AvgIpc) is 2.48. The van der Waals surface area contributed by atoms with Gasteiger partial charge >= 0.3 is 0 Å². The Morgan fingerprint density at radius 3 is 2.84 bits per heavy atom. The molecule has 0 aliphatic carbocycles. The zero-order valence-corrected chi connectivity index (χ0v) is 11.7. The Balaban J connectivity index is 2.12. The lowest BCUT2D eigenvalue weighted by Crippen LogP contribution is -2.25. The SMILES string of the molecule is COc1ccc(C#N)cc1CS(=O)C1CCOCC1. The Kier molecular flexibility index (Phi) is 4.94. The van der Waals surface area contributed by atoms with Crippen LogP contribution in [0.15, 0.2) is 18.2 Å². The van der Waals surface area contributed by atoms with E-state index in [0.717, 1.165) is 18.4 Å². The zero-order valence-electron chi connectivity index (χ0n) is 10.9. The van der Waals surface area contributed by atoms with Crippen LogP contribution in [0.25, 0.3) is 0 Å². The lowest BCUT2D eigenvalue weighted by atomic mass is 10.1. The van der Waals surface area contributed by atoms with E-state index >= 15 is 0 Å². The number of nitriles is 1. The molecule has 2 rings (SSSR count). The van der Waals surface area contributed by atoms with Gasteiger partial charge in [0.15, 0.2) is 0 Å². The van der Waals surface area contributed by atoms with Gasteiger partial charge in [-0.05, 0) is 31.0 Å². The highest BCUT2D eigenvalue weighted by Gasteiger charge is 2.21. The molecule has 1 aliphatic heterocycles. The number of benzene rings is 1. The second kappa shape index (κ2) is 6.69. The van der Waals surface area contributed by atoms with Crippen molar-refractivity contribution in [3.8, 4) is 11.8 Å². The molecule has 1 fully saturated rings. The van der Waals surface area contributed by atoms with Crippen LogP contribution in [0, 0.1) is 11.3 Å². The smallest absolute Gasteiger partial charge is 0.123 e. The summed E-state index contributed by atoms with van der Waals surface area (Å²) in [5.41, 5.74) is 1.41. The predicted octanol–water partition coefficient (Wildman–Crippen LogP) is 1.99. The Labute approximate surface area is 115 Å². The molecule has 0 saturated carbocycles. The molecule has 102 valence electrons. The Hall–Kier alpha value is -1.38. The van der Waals surface area contributed by atoms with Gasteiger partial charge in [0.05, 0.1) is 24.5 Å². The van der Waals surface area contributed by atoms with Crippen molar-refractivity contribution in [1.82, 2.24) is 0 Å². The first-order chi connectivity index (χ1) is 9.24. The second-order valence-corrected chi connectivity index (χ2v) is 6.19. The number of hydrogen-bond acceptors (Lipinski definition) is 4. The minimum Gasteiger partial charge on any atom is -0.496 e. The largest absolute Gasteiger partial charge is 0.496 e. The summed E-state index contributed by atoms with van der Waals surface area (Å²) in [6, 6.07) is 7.32. The van der Waals surface area contributed by atoms with E-state index in [2.05, 4.69) is 6.07 Å². The molecule has 0 radical (unpaired) electrons. The Morgan fingerprint density at radius 2 is 2.21 bits per heavy atom. The van der Waals surface area contributed by atoms with E-state index in [1.165, 1.54) is 0 Å². The van der Waals surface area contributed by atoms with E-state index in [1.807, 2.05) is 0 Å². The van der Waals surface area contributed by atoms with Gasteiger partial charge in [-0.3, -0.25) is 4.21 Å². The van der Waals surface area contributed by atoms with Crippen molar-refractivity contribution in [2.24, 2.45) is 0 Å². The van der Waals surface area contributed by atoms with Crippen LogP contribution >= 0.6 is 0 Å². The van der Waals surface area contributed by atoms with Gasteiger partial charge in [0.1, 0.15) is 5.75 Å². The molecule has 0 amide bonds. The maximum atomic E-state index is 12.4. The molecular weight excluding hydrogens is 262 g/mol. The quantitative estimate of drug-likeness (QED) is 0.845. The fourth-order valence-corrected chi connectivity index (χ4v) is 3.66. The molecule has 0 spiro atoms. The summed E-state index contributed by atoms with van der Waals surface area (Å²) in [5.74, 6) is 1.13. The fourth-order valence-electron chi connectivity index (χ4n) is 2.17. The van der Waals surface area contributed by atoms with E-state index in [1.54, 1.807) is 25.3 Å². The monoisotopic (exact) mass is 279 g/mol. The first-order valence-electron chi connectivity index (χ1n) is 6.26. The van der Waals surface area contributed by atoms with Crippen molar-refractivity contribution in [3.63, 3.8) is 0 Å². The van der Waals surface area contributed by atoms with Crippen molar-refractivity contribution in [3.05, 3.63) is 29.3 Å². The van der Waals surface area contributed by atoms with Gasteiger partial charge in [-0.2, -0.15) is 5.26 Å². The molecule has 19 heavy (non-hydrogen) atoms. The summed E-state index contributed by atoms with van der Waals surface area (Å²) in [7, 11) is 0.637. The van der Waals surface area contributed by atoms with Crippen molar-refractivity contribution in [1.29, 1.82) is 5.26 Å². The van der Waals surface area contributed by atoms with Crippen LogP contribution < -0.4 is 4.74 Å². The van der Waals surface area contributed by atoms with E-state index in [4.69, 9.17) is 14.7 Å². The van der Waals surface area contributed by atoms with Gasteiger partial charge in [0.25, 0.3) is 0 Å². The molecule has 1 unspecified atom stereocenters. The Bertz CT molecular complexity index is 504. The lowest BCUT2D eigenvalue weighted by molar-refractivity contribution is 0.0992. The molecular formula is C14H17NO3S. The van der Waals surface area contributed by atoms with Crippen molar-refractivity contribution < 1.29 is 13.7 Å². The summed E-state index contributed by atoms with van der Waals surface area (Å²) >= 11 is 0. The average molecular weight is 279 g/mol. The summed E-state index contributed by atoms with van der Waals surface area (Å²) in [6.45, 7) is 1.37. The van der Waals surface area contributed by atoms with Crippen LogP contribution in [0.3, 0.4) is 0 Å². The molecule has 1 atom stereocenters. The highest BCUT2D eigenvalue weighted by Crippen LogP contribution is 2.24. The van der Waals surface area contributed by atoms with Gasteiger partial charge in [-0.1, -0.05) is 0 Å². The Morgan fingerprint density at radius 1 is 1.47 bits per heavy atom. The molecule has 0 bridgehead atoms. The highest BCUT2D eigenvalue weighted by molar-refractivity contribution is 7.84. The van der Waals surface area contributed by atoms with Crippen LogP contribution in [0.1, 0.15) is 24.0 Å². The van der Waals surface area contributed by atoms with Gasteiger partial charge in [0.2, 0.25) is 0 Å². The molecule has 0 N–H and O–H groups in total. The van der Waals surface area contributed by atoms with Crippen LogP contribution in [0.2, 0.25) is 0 Å². The van der Waals surface area contributed by atoms with Crippen LogP contribution in [0.4, 0.5) is 0 Å². The number of ether oxygens (including phenoxy) is 2. The predicted molar refractivity (Wildman–Crippen MR) is 73.4 cm³/mol. The third kappa shape index (κ3) is 3.55. The normalized spacial score (nSPS) is 17.7. The van der Waals surface area contributed by atoms with Crippen LogP contribution in [0.5, 0.6) is 5.75 Å². The van der Waals surface area contributed by atoms with E-state index < -0.39 is 10.8 Å². The molecule has 4 nitrogen and oxygen atoms in total. The second-order valence-electron chi connectivity index (χ2n) is 4.48. The molecule has 1 aliphatic rings. The molecule has 1 saturated heterocycles. The molecule has 5 heteroatoms. The molecule has 0 aromatic heterocycles. The van der Waals surface area contributed by atoms with E-state index in [9.17, 15) is 4.21 Å². The molecule has 1 heterocycles. The maximum absolute atomic E-state index is 12.4. The highest BCUT2D eigenvalue weighted by atomic mass is 32.2. The van der Waals surface area contributed by atoms with Gasteiger partial charge in [-0.15, -0.1) is 0 Å². The van der Waals surface area contributed by atoms with Crippen molar-refractivity contribution in [2.45, 2.75) is 23.8 Å². The van der Waals surface area contributed by atoms with Gasteiger partial charge < -0.3 is 9.47 Å². The van der Waals surface area contributed by atoms with Crippen LogP contribution in [-0.4, -0.2) is 29.8 Å². The standard InChI is InChI=1S/C14H17NO3S/c1-17-14-3-2-11(9-15)8-12(14)10-19(16)13-4-6-18-7-5-13/h2-3,8,13H,4-7,10H2,1H3. The first-order valence-corrected chi connectivity index (χ1v) is 7.64. The van der Waals surface area contributed by atoms with Gasteiger partial charge in [-0.25, -0.2) is 0 Å². The number of methoxy groups -OCH3 is 1. The number of hydrogen-bond donors (Lipinski definition) is 0. The summed E-state index contributed by atoms with van der Waals surface area (Å²) in [4.78, 5) is 0. The van der Waals surface area contributed by atoms with E-state index in [-0.39, 0.29) is 5.25 Å². The summed E-state index contributed by atoms with van der Waals surface area (Å²) < 4.78 is 22.9. The lowest BCUT2D eigenvalue weighted by Gasteiger charge is -2.21. The fraction of sp³-hybridized carbons (Fsp3) is 0.500. The summed E-state index contributed by atoms with van der Waals surface area (Å²) in [5, 5.41) is 9.11. The number of rotatable bonds is 4. The molecule has 1 aromatic rings. The van der Waals surface area contributed by atoms with Crippen molar-refractivity contribution in [2.75, 3.05) is 20.3 Å². The maximum Gasteiger partial charge on any atom is 0.123 e. The third-order valence-electron chi connectivity index (χ3n) is 3.25. The van der Waals surface area contributed by atoms with Gasteiger partial charge in [0, 0.05) is 34.8 Å². The van der Waals surface area contributed by atoms with Crippen molar-refractivity contribution >= 4 is 10.8 Å². The van der Waals surface area contributed by atoms with Crippen LogP contribution in [-0.2, 0) is 21.3 Å². The van der Waals surface area contributed by atoms with E-state index in [0.29, 0.717) is 30.3 Å². The first kappa shape index (κ1) is 14.0. The zero-order chi connectivity index (χ0) is 13.7. The topological polar surface area (TPSA) is 59.3 Å². The number of nitrogens with zero attached hydrogens (tertiary/aromatic N) is 1. The third-order valence-corrected chi connectivity index (χ3v) is 5.06. The molecule has 1 aromatic carbocycles. The minimum atomic E-state index is -0.949. The summed E-state index contributed by atoms with van der Waals surface area (Å²) in [6.07, 6.45) is 1.68.